The lowest BCUT2D eigenvalue weighted by atomic mass is 10.0. The lowest BCUT2D eigenvalue weighted by Gasteiger charge is -2.38. The first-order chi connectivity index (χ1) is 18.1. The number of rotatable bonds is 7. The van der Waals surface area contributed by atoms with E-state index in [-0.39, 0.29) is 5.91 Å². The monoisotopic (exact) mass is 503 g/mol. The van der Waals surface area contributed by atoms with Gasteiger partial charge in [-0.1, -0.05) is 6.58 Å². The first-order valence-electron chi connectivity index (χ1n) is 13.7. The van der Waals surface area contributed by atoms with E-state index in [4.69, 9.17) is 14.7 Å². The van der Waals surface area contributed by atoms with Crippen molar-refractivity contribution >= 4 is 17.4 Å². The van der Waals surface area contributed by atoms with E-state index in [9.17, 15) is 4.79 Å². The molecule has 0 radical (unpaired) electrons. The van der Waals surface area contributed by atoms with Crippen LogP contribution in [0.3, 0.4) is 0 Å². The molecule has 1 saturated carbocycles. The van der Waals surface area contributed by atoms with Crippen LogP contribution in [0.4, 0.5) is 11.5 Å². The lowest BCUT2D eigenvalue weighted by molar-refractivity contribution is -0.126. The third-order valence-corrected chi connectivity index (χ3v) is 8.36. The van der Waals surface area contributed by atoms with Crippen LogP contribution in [0.5, 0.6) is 6.01 Å². The highest BCUT2D eigenvalue weighted by atomic mass is 16.5. The van der Waals surface area contributed by atoms with Gasteiger partial charge in [-0.3, -0.25) is 9.78 Å². The predicted octanol–water partition coefficient (Wildman–Crippen LogP) is 2.62. The predicted molar refractivity (Wildman–Crippen MR) is 143 cm³/mol. The van der Waals surface area contributed by atoms with Crippen molar-refractivity contribution in [1.29, 1.82) is 0 Å². The maximum Gasteiger partial charge on any atom is 0.318 e. The van der Waals surface area contributed by atoms with Crippen LogP contribution in [-0.4, -0.2) is 89.6 Å². The van der Waals surface area contributed by atoms with Gasteiger partial charge in [0.05, 0.1) is 24.1 Å². The SMILES string of the molecule is C=CC(=O)N1CCN(c2nc(OC[C@@H]3CCCN3C)nc3c2CCN(c2cnccc2C2CC2)C3)CC1. The summed E-state index contributed by atoms with van der Waals surface area (Å²) in [6, 6.07) is 3.06. The Morgan fingerprint density at radius 2 is 1.95 bits per heavy atom. The fraction of sp³-hybridized carbons (Fsp3) is 0.571. The molecular weight excluding hydrogens is 466 g/mol. The van der Waals surface area contributed by atoms with Gasteiger partial charge in [-0.2, -0.15) is 9.97 Å². The van der Waals surface area contributed by atoms with E-state index >= 15 is 0 Å². The minimum absolute atomic E-state index is 0.00680. The van der Waals surface area contributed by atoms with Gasteiger partial charge in [-0.05, 0) is 69.3 Å². The summed E-state index contributed by atoms with van der Waals surface area (Å²) in [7, 11) is 2.16. The molecule has 5 heterocycles. The topological polar surface area (TPSA) is 77.9 Å². The Bertz CT molecular complexity index is 1160. The van der Waals surface area contributed by atoms with Gasteiger partial charge in [0.2, 0.25) is 5.91 Å². The molecule has 0 bridgehead atoms. The lowest BCUT2D eigenvalue weighted by Crippen LogP contribution is -2.49. The van der Waals surface area contributed by atoms with Crippen molar-refractivity contribution in [2.24, 2.45) is 0 Å². The maximum absolute atomic E-state index is 12.1. The molecule has 0 spiro atoms. The van der Waals surface area contributed by atoms with Gasteiger partial charge >= 0.3 is 6.01 Å². The second kappa shape index (κ2) is 10.3. The van der Waals surface area contributed by atoms with E-state index in [2.05, 4.69) is 39.4 Å². The molecule has 4 aliphatic rings. The number of amides is 1. The highest BCUT2D eigenvalue weighted by Crippen LogP contribution is 2.45. The van der Waals surface area contributed by atoms with Crippen molar-refractivity contribution in [3.63, 3.8) is 0 Å². The standard InChI is InChI=1S/C28H37N7O2/c1-3-26(36)33-13-15-34(16-14-33)27-23-9-12-35(25-17-29-10-8-22(25)20-6-7-20)18-24(23)30-28(31-27)37-19-21-5-4-11-32(21)2/h3,8,10,17,20-21H,1,4-7,9,11-16,18-19H2,2H3/t21-/m0/s1. The van der Waals surface area contributed by atoms with Crippen LogP contribution in [0.25, 0.3) is 0 Å². The third kappa shape index (κ3) is 5.01. The summed E-state index contributed by atoms with van der Waals surface area (Å²) in [4.78, 5) is 35.4. The maximum atomic E-state index is 12.1. The smallest absolute Gasteiger partial charge is 0.318 e. The largest absolute Gasteiger partial charge is 0.462 e. The number of hydrogen-bond acceptors (Lipinski definition) is 8. The molecule has 37 heavy (non-hydrogen) atoms. The van der Waals surface area contributed by atoms with Gasteiger partial charge in [0.15, 0.2) is 0 Å². The van der Waals surface area contributed by atoms with Gasteiger partial charge in [0, 0.05) is 50.5 Å². The molecule has 9 heteroatoms. The number of nitrogens with zero attached hydrogens (tertiary/aromatic N) is 7. The number of hydrogen-bond donors (Lipinski definition) is 0. The Labute approximate surface area is 219 Å². The zero-order valence-electron chi connectivity index (χ0n) is 21.8. The Morgan fingerprint density at radius 3 is 2.68 bits per heavy atom. The molecule has 3 aliphatic heterocycles. The van der Waals surface area contributed by atoms with Crippen molar-refractivity contribution in [2.45, 2.75) is 50.6 Å². The van der Waals surface area contributed by atoms with Crippen LogP contribution >= 0.6 is 0 Å². The molecule has 9 nitrogen and oxygen atoms in total. The van der Waals surface area contributed by atoms with Crippen molar-refractivity contribution in [3.05, 3.63) is 47.9 Å². The number of carbonyl (C=O) groups is 1. The summed E-state index contributed by atoms with van der Waals surface area (Å²) in [5.41, 5.74) is 4.90. The van der Waals surface area contributed by atoms with Crippen molar-refractivity contribution in [1.82, 2.24) is 24.8 Å². The second-order valence-corrected chi connectivity index (χ2v) is 10.7. The van der Waals surface area contributed by atoms with E-state index in [0.717, 1.165) is 57.1 Å². The van der Waals surface area contributed by atoms with Crippen molar-refractivity contribution in [3.8, 4) is 6.01 Å². The number of piperazine rings is 1. The summed E-state index contributed by atoms with van der Waals surface area (Å²) in [5, 5.41) is 0. The van der Waals surface area contributed by atoms with E-state index < -0.39 is 0 Å². The molecular formula is C28H37N7O2. The summed E-state index contributed by atoms with van der Waals surface area (Å²) in [6.07, 6.45) is 11.1. The molecule has 2 saturated heterocycles. The molecule has 196 valence electrons. The molecule has 0 unspecified atom stereocenters. The van der Waals surface area contributed by atoms with Gasteiger partial charge in [-0.15, -0.1) is 0 Å². The zero-order valence-corrected chi connectivity index (χ0v) is 21.8. The van der Waals surface area contributed by atoms with Crippen LogP contribution in [0, 0.1) is 0 Å². The van der Waals surface area contributed by atoms with Crippen LogP contribution in [-0.2, 0) is 17.8 Å². The number of ether oxygens (including phenoxy) is 1. The quantitative estimate of drug-likeness (QED) is 0.534. The van der Waals surface area contributed by atoms with Crippen molar-refractivity contribution < 1.29 is 9.53 Å². The summed E-state index contributed by atoms with van der Waals surface area (Å²) >= 11 is 0. The van der Waals surface area contributed by atoms with Gasteiger partial charge in [0.25, 0.3) is 0 Å². The Hall–Kier alpha value is -3.20. The third-order valence-electron chi connectivity index (χ3n) is 8.36. The van der Waals surface area contributed by atoms with Gasteiger partial charge in [0.1, 0.15) is 12.4 Å². The molecule has 6 rings (SSSR count). The highest BCUT2D eigenvalue weighted by Gasteiger charge is 2.32. The van der Waals surface area contributed by atoms with Gasteiger partial charge in [-0.25, -0.2) is 0 Å². The number of likely N-dealkylation sites (tertiary alicyclic amines) is 1. The number of carbonyl (C=O) groups excluding carboxylic acids is 1. The molecule has 1 aliphatic carbocycles. The van der Waals surface area contributed by atoms with Crippen LogP contribution < -0.4 is 14.5 Å². The molecule has 0 aromatic carbocycles. The molecule has 2 aromatic heterocycles. The fourth-order valence-corrected chi connectivity index (χ4v) is 5.95. The minimum Gasteiger partial charge on any atom is -0.462 e. The van der Waals surface area contributed by atoms with Crippen LogP contribution in [0.2, 0.25) is 0 Å². The number of pyridine rings is 1. The number of likely N-dealkylation sites (N-methyl/N-ethyl adjacent to an activating group) is 1. The number of fused-ring (bicyclic) bond motifs is 1. The normalized spacial score (nSPS) is 22.2. The second-order valence-electron chi connectivity index (χ2n) is 10.7. The van der Waals surface area contributed by atoms with Crippen LogP contribution in [0.15, 0.2) is 31.1 Å². The summed E-state index contributed by atoms with van der Waals surface area (Å²) < 4.78 is 6.25. The molecule has 3 fully saturated rings. The Morgan fingerprint density at radius 1 is 1.11 bits per heavy atom. The minimum atomic E-state index is -0.00680. The zero-order chi connectivity index (χ0) is 25.4. The van der Waals surface area contributed by atoms with E-state index in [1.54, 1.807) is 0 Å². The van der Waals surface area contributed by atoms with Crippen LogP contribution in [0.1, 0.15) is 48.4 Å². The van der Waals surface area contributed by atoms with Gasteiger partial charge < -0.3 is 24.3 Å². The first kappa shape index (κ1) is 24.2. The van der Waals surface area contributed by atoms with E-state index in [1.807, 2.05) is 17.3 Å². The average molecular weight is 504 g/mol. The Balaban J connectivity index is 1.27. The molecule has 2 aromatic rings. The van der Waals surface area contributed by atoms with Crippen molar-refractivity contribution in [2.75, 3.05) is 62.7 Å². The highest BCUT2D eigenvalue weighted by molar-refractivity contribution is 5.87. The summed E-state index contributed by atoms with van der Waals surface area (Å²) in [5.74, 6) is 1.63. The Kier molecular flexibility index (Phi) is 6.71. The fourth-order valence-electron chi connectivity index (χ4n) is 5.95. The number of anilines is 2. The first-order valence-corrected chi connectivity index (χ1v) is 13.7. The van der Waals surface area contributed by atoms with E-state index in [0.29, 0.717) is 37.7 Å². The number of aromatic nitrogens is 3. The molecule has 1 amide bonds. The van der Waals surface area contributed by atoms with E-state index in [1.165, 1.54) is 42.2 Å². The molecule has 0 N–H and O–H groups in total. The molecule has 1 atom stereocenters. The summed E-state index contributed by atoms with van der Waals surface area (Å²) in [6.45, 7) is 9.81. The average Bonchev–Trinajstić information content (AvgIpc) is 3.71.